The van der Waals surface area contributed by atoms with Crippen LogP contribution in [-0.4, -0.2) is 54.3 Å². The number of rotatable bonds is 6. The van der Waals surface area contributed by atoms with Crippen molar-refractivity contribution in [2.75, 3.05) is 13.2 Å². The molecule has 0 amide bonds. The Labute approximate surface area is 149 Å². The van der Waals surface area contributed by atoms with Crippen molar-refractivity contribution in [1.29, 1.82) is 0 Å². The topological polar surface area (TPSA) is 66.4 Å². The Morgan fingerprint density at radius 3 is 2.44 bits per heavy atom. The van der Waals surface area contributed by atoms with Gasteiger partial charge in [-0.3, -0.25) is 0 Å². The van der Waals surface area contributed by atoms with Crippen LogP contribution in [0.3, 0.4) is 0 Å². The second-order valence-electron chi connectivity index (χ2n) is 7.50. The van der Waals surface area contributed by atoms with Gasteiger partial charge in [-0.25, -0.2) is 0 Å². The fraction of sp³-hybridized carbons (Fsp3) is 0.684. The summed E-state index contributed by atoms with van der Waals surface area (Å²) in [6.45, 7) is 8.40. The maximum Gasteiger partial charge on any atom is 0.164 e. The van der Waals surface area contributed by atoms with Gasteiger partial charge in [-0.2, -0.15) is 0 Å². The van der Waals surface area contributed by atoms with E-state index in [0.717, 1.165) is 5.56 Å². The fourth-order valence-electron chi connectivity index (χ4n) is 3.25. The molecular weight excluding hydrogens is 324 g/mol. The summed E-state index contributed by atoms with van der Waals surface area (Å²) in [5.41, 5.74) is 1.06. The zero-order valence-corrected chi connectivity index (χ0v) is 15.3. The molecule has 2 aliphatic rings. The Morgan fingerprint density at radius 1 is 1.08 bits per heavy atom. The van der Waals surface area contributed by atoms with E-state index >= 15 is 0 Å². The molecule has 0 spiro atoms. The third-order valence-electron chi connectivity index (χ3n) is 4.34. The van der Waals surface area contributed by atoms with Crippen molar-refractivity contribution in [1.82, 2.24) is 0 Å². The minimum Gasteiger partial charge on any atom is -0.388 e. The van der Waals surface area contributed by atoms with E-state index in [2.05, 4.69) is 0 Å². The van der Waals surface area contributed by atoms with Crippen molar-refractivity contribution < 1.29 is 28.8 Å². The van der Waals surface area contributed by atoms with Gasteiger partial charge in [0.25, 0.3) is 0 Å². The molecule has 4 atom stereocenters. The normalized spacial score (nSPS) is 32.0. The highest BCUT2D eigenvalue weighted by Gasteiger charge is 2.51. The monoisotopic (exact) mass is 352 g/mol. The summed E-state index contributed by atoms with van der Waals surface area (Å²) in [5, 5.41) is 10.6. The van der Waals surface area contributed by atoms with Gasteiger partial charge in [0, 0.05) is 0 Å². The lowest BCUT2D eigenvalue weighted by atomic mass is 10.0. The predicted octanol–water partition coefficient (Wildman–Crippen LogP) is 2.24. The fourth-order valence-corrected chi connectivity index (χ4v) is 3.25. The summed E-state index contributed by atoms with van der Waals surface area (Å²) in [7, 11) is 0. The van der Waals surface area contributed by atoms with E-state index in [0.29, 0.717) is 13.2 Å². The van der Waals surface area contributed by atoms with Crippen molar-refractivity contribution in [3.8, 4) is 0 Å². The van der Waals surface area contributed by atoms with Crippen LogP contribution in [0, 0.1) is 0 Å². The first kappa shape index (κ1) is 18.8. The van der Waals surface area contributed by atoms with Gasteiger partial charge in [-0.1, -0.05) is 30.3 Å². The molecule has 2 fully saturated rings. The minimum atomic E-state index is -0.817. The van der Waals surface area contributed by atoms with Crippen molar-refractivity contribution in [3.05, 3.63) is 35.9 Å². The maximum absolute atomic E-state index is 10.6. The maximum atomic E-state index is 10.6. The molecule has 0 radical (unpaired) electrons. The zero-order valence-electron chi connectivity index (χ0n) is 15.3. The van der Waals surface area contributed by atoms with Gasteiger partial charge in [0.2, 0.25) is 0 Å². The Kier molecular flexibility index (Phi) is 5.48. The summed E-state index contributed by atoms with van der Waals surface area (Å²) < 4.78 is 29.1. The van der Waals surface area contributed by atoms with E-state index in [1.165, 1.54) is 0 Å². The van der Waals surface area contributed by atoms with E-state index in [4.69, 9.17) is 23.7 Å². The van der Waals surface area contributed by atoms with Crippen LogP contribution in [-0.2, 0) is 30.3 Å². The van der Waals surface area contributed by atoms with Gasteiger partial charge in [-0.05, 0) is 33.3 Å². The van der Waals surface area contributed by atoms with E-state index < -0.39 is 29.9 Å². The van der Waals surface area contributed by atoms with E-state index in [9.17, 15) is 5.11 Å². The van der Waals surface area contributed by atoms with Crippen LogP contribution in [0.4, 0.5) is 0 Å². The summed E-state index contributed by atoms with van der Waals surface area (Å²) in [6, 6.07) is 9.85. The van der Waals surface area contributed by atoms with Gasteiger partial charge < -0.3 is 28.8 Å². The van der Waals surface area contributed by atoms with Crippen molar-refractivity contribution in [2.45, 2.75) is 70.3 Å². The largest absolute Gasteiger partial charge is 0.388 e. The first-order chi connectivity index (χ1) is 11.8. The van der Waals surface area contributed by atoms with Crippen LogP contribution in [0.2, 0.25) is 0 Å². The van der Waals surface area contributed by atoms with Crippen LogP contribution in [0.25, 0.3) is 0 Å². The molecule has 2 heterocycles. The molecule has 0 unspecified atom stereocenters. The molecule has 0 bridgehead atoms. The molecule has 1 aromatic carbocycles. The van der Waals surface area contributed by atoms with Crippen molar-refractivity contribution >= 4 is 0 Å². The zero-order chi connectivity index (χ0) is 18.1. The van der Waals surface area contributed by atoms with Gasteiger partial charge in [-0.15, -0.1) is 0 Å². The third kappa shape index (κ3) is 4.78. The van der Waals surface area contributed by atoms with Crippen LogP contribution in [0.15, 0.2) is 30.3 Å². The lowest BCUT2D eigenvalue weighted by Gasteiger charge is -2.26. The molecule has 0 aromatic heterocycles. The highest BCUT2D eigenvalue weighted by molar-refractivity contribution is 5.13. The minimum absolute atomic E-state index is 0.159. The number of hydrogen-bond acceptors (Lipinski definition) is 6. The van der Waals surface area contributed by atoms with E-state index in [-0.39, 0.29) is 12.7 Å². The smallest absolute Gasteiger partial charge is 0.164 e. The SMILES string of the molecule is CC1(C)O[C@H]([C@@H](O)COCc2ccccc2)[C@@H]([C@H]2COC(C)(C)O2)O1. The van der Waals surface area contributed by atoms with Crippen molar-refractivity contribution in [3.63, 3.8) is 0 Å². The number of aliphatic hydroxyl groups is 1. The first-order valence-electron chi connectivity index (χ1n) is 8.73. The summed E-state index contributed by atoms with van der Waals surface area (Å²) in [4.78, 5) is 0. The highest BCUT2D eigenvalue weighted by atomic mass is 16.8. The lowest BCUT2D eigenvalue weighted by Crippen LogP contribution is -2.45. The molecule has 0 aliphatic carbocycles. The predicted molar refractivity (Wildman–Crippen MR) is 90.8 cm³/mol. The molecule has 6 heteroatoms. The molecule has 2 saturated heterocycles. The van der Waals surface area contributed by atoms with Crippen LogP contribution >= 0.6 is 0 Å². The van der Waals surface area contributed by atoms with Crippen molar-refractivity contribution in [2.24, 2.45) is 0 Å². The van der Waals surface area contributed by atoms with Crippen LogP contribution < -0.4 is 0 Å². The molecule has 0 saturated carbocycles. The summed E-state index contributed by atoms with van der Waals surface area (Å²) >= 11 is 0. The Hall–Kier alpha value is -1.02. The van der Waals surface area contributed by atoms with E-state index in [1.807, 2.05) is 58.0 Å². The second-order valence-corrected chi connectivity index (χ2v) is 7.50. The number of ether oxygens (including phenoxy) is 5. The average Bonchev–Trinajstić information content (AvgIpc) is 3.07. The Balaban J connectivity index is 1.58. The summed E-state index contributed by atoms with van der Waals surface area (Å²) in [5.74, 6) is -1.44. The number of benzene rings is 1. The Morgan fingerprint density at radius 2 is 1.80 bits per heavy atom. The Bertz CT molecular complexity index is 558. The van der Waals surface area contributed by atoms with Crippen LogP contribution in [0.5, 0.6) is 0 Å². The van der Waals surface area contributed by atoms with E-state index in [1.54, 1.807) is 0 Å². The molecule has 3 rings (SSSR count). The molecule has 1 aromatic rings. The van der Waals surface area contributed by atoms with Gasteiger partial charge >= 0.3 is 0 Å². The molecule has 1 N–H and O–H groups in total. The summed E-state index contributed by atoms with van der Waals surface area (Å²) in [6.07, 6.45) is -2.05. The van der Waals surface area contributed by atoms with Gasteiger partial charge in [0.05, 0.1) is 19.8 Å². The van der Waals surface area contributed by atoms with Gasteiger partial charge in [0.1, 0.15) is 24.4 Å². The molecule has 6 nitrogen and oxygen atoms in total. The quantitative estimate of drug-likeness (QED) is 0.847. The van der Waals surface area contributed by atoms with Gasteiger partial charge in [0.15, 0.2) is 11.6 Å². The average molecular weight is 352 g/mol. The molecule has 25 heavy (non-hydrogen) atoms. The number of aliphatic hydroxyl groups excluding tert-OH is 1. The lowest BCUT2D eigenvalue weighted by molar-refractivity contribution is -0.175. The first-order valence-corrected chi connectivity index (χ1v) is 8.73. The third-order valence-corrected chi connectivity index (χ3v) is 4.34. The van der Waals surface area contributed by atoms with Crippen LogP contribution in [0.1, 0.15) is 33.3 Å². The standard InChI is InChI=1S/C19H28O6/c1-18(2)22-12-15(23-18)17-16(24-19(3,4)25-17)14(20)11-21-10-13-8-6-5-7-9-13/h5-9,14-17,20H,10-12H2,1-4H3/t14-,15+,16+,17+/m0/s1. The highest BCUT2D eigenvalue weighted by Crippen LogP contribution is 2.36. The molecule has 140 valence electrons. The molecule has 2 aliphatic heterocycles. The second kappa shape index (κ2) is 7.31. The number of hydrogen-bond donors (Lipinski definition) is 1. The molecular formula is C19H28O6.